The summed E-state index contributed by atoms with van der Waals surface area (Å²) >= 11 is 0. The first-order valence-electron chi connectivity index (χ1n) is 8.95. The van der Waals surface area contributed by atoms with Gasteiger partial charge in [-0.3, -0.25) is 0 Å². The molecule has 0 aromatic rings. The molecule has 3 rings (SSSR count). The van der Waals surface area contributed by atoms with Gasteiger partial charge in [0.2, 0.25) is 12.5 Å². The van der Waals surface area contributed by atoms with E-state index >= 15 is 0 Å². The van der Waals surface area contributed by atoms with Gasteiger partial charge in [0.05, 0.1) is 12.7 Å². The summed E-state index contributed by atoms with van der Waals surface area (Å²) in [5, 5.41) is 7.02. The molecule has 4 unspecified atom stereocenters. The van der Waals surface area contributed by atoms with E-state index in [0.29, 0.717) is 18.9 Å². The zero-order valence-electron chi connectivity index (χ0n) is 14.0. The lowest BCUT2D eigenvalue weighted by atomic mass is 9.84. The number of rotatable bonds is 4. The third kappa shape index (κ3) is 3.42. The van der Waals surface area contributed by atoms with Crippen molar-refractivity contribution in [1.82, 2.24) is 15.5 Å². The van der Waals surface area contributed by atoms with Gasteiger partial charge in [0.1, 0.15) is 5.92 Å². The lowest BCUT2D eigenvalue weighted by Gasteiger charge is -2.42. The molecule has 2 N–H and O–H groups in total. The second kappa shape index (κ2) is 7.07. The maximum Gasteiger partial charge on any atom is 0.266 e. The van der Waals surface area contributed by atoms with Crippen molar-refractivity contribution < 1.29 is 13.5 Å². The van der Waals surface area contributed by atoms with Crippen molar-refractivity contribution in [1.29, 1.82) is 0 Å². The lowest BCUT2D eigenvalue weighted by molar-refractivity contribution is -0.617. The van der Waals surface area contributed by atoms with E-state index in [0.717, 1.165) is 24.4 Å². The van der Waals surface area contributed by atoms with Crippen LogP contribution < -0.4 is 10.6 Å². The minimum atomic E-state index is -2.44. The van der Waals surface area contributed by atoms with E-state index in [4.69, 9.17) is 0 Å². The highest BCUT2D eigenvalue weighted by Gasteiger charge is 2.56. The van der Waals surface area contributed by atoms with Crippen molar-refractivity contribution in [2.24, 2.45) is 17.8 Å². The molecule has 23 heavy (non-hydrogen) atoms. The van der Waals surface area contributed by atoms with E-state index in [1.54, 1.807) is 0 Å². The molecule has 0 aromatic heterocycles. The van der Waals surface area contributed by atoms with Crippen LogP contribution in [0.15, 0.2) is 0 Å². The SMILES string of the molecule is CCCC1CNC(C2CC(C(F)F)C3N(C2)CC(C)[N+]3=O)NC1. The summed E-state index contributed by atoms with van der Waals surface area (Å²) in [5.41, 5.74) is 0. The van der Waals surface area contributed by atoms with Crippen molar-refractivity contribution >= 4 is 0 Å². The van der Waals surface area contributed by atoms with Gasteiger partial charge in [-0.2, -0.15) is 0 Å². The fraction of sp³-hybridized carbons (Fsp3) is 1.00. The van der Waals surface area contributed by atoms with Crippen LogP contribution in [-0.4, -0.2) is 60.6 Å². The third-order valence-corrected chi connectivity index (χ3v) is 5.74. The lowest BCUT2D eigenvalue weighted by Crippen LogP contribution is -2.61. The molecule has 0 spiro atoms. The van der Waals surface area contributed by atoms with Crippen LogP contribution in [0.4, 0.5) is 8.78 Å². The molecule has 0 aromatic carbocycles. The molecule has 7 heteroatoms. The van der Waals surface area contributed by atoms with E-state index < -0.39 is 18.5 Å². The van der Waals surface area contributed by atoms with Crippen LogP contribution in [-0.2, 0) is 0 Å². The zero-order valence-corrected chi connectivity index (χ0v) is 14.0. The van der Waals surface area contributed by atoms with Crippen LogP contribution in [0.25, 0.3) is 0 Å². The summed E-state index contributed by atoms with van der Waals surface area (Å²) < 4.78 is 28.0. The molecule has 3 aliphatic heterocycles. The number of nitrogens with one attached hydrogen (secondary N) is 2. The van der Waals surface area contributed by atoms with Crippen LogP contribution in [0.3, 0.4) is 0 Å². The minimum absolute atomic E-state index is 0.0846. The van der Waals surface area contributed by atoms with Gasteiger partial charge in [-0.05, 0) is 18.8 Å². The van der Waals surface area contributed by atoms with Crippen LogP contribution in [0.1, 0.15) is 33.1 Å². The molecule has 0 amide bonds. The summed E-state index contributed by atoms with van der Waals surface area (Å²) in [4.78, 5) is 14.1. The molecule has 0 aliphatic carbocycles. The van der Waals surface area contributed by atoms with Crippen LogP contribution in [0.2, 0.25) is 0 Å². The molecule has 3 fully saturated rings. The molecular weight excluding hydrogens is 302 g/mol. The minimum Gasteiger partial charge on any atom is -0.301 e. The Balaban J connectivity index is 1.65. The summed E-state index contributed by atoms with van der Waals surface area (Å²) in [5.74, 6) is -0.0953. The van der Waals surface area contributed by atoms with Crippen molar-refractivity contribution in [2.75, 3.05) is 26.2 Å². The smallest absolute Gasteiger partial charge is 0.266 e. The van der Waals surface area contributed by atoms with Crippen LogP contribution >= 0.6 is 0 Å². The third-order valence-electron chi connectivity index (χ3n) is 5.74. The number of halogens is 2. The average molecular weight is 331 g/mol. The Kier molecular flexibility index (Phi) is 5.28. The fourth-order valence-corrected chi connectivity index (χ4v) is 4.59. The van der Waals surface area contributed by atoms with Crippen LogP contribution in [0, 0.1) is 22.7 Å². The van der Waals surface area contributed by atoms with Crippen LogP contribution in [0.5, 0.6) is 0 Å². The van der Waals surface area contributed by atoms with E-state index in [1.807, 2.05) is 11.8 Å². The van der Waals surface area contributed by atoms with E-state index in [-0.39, 0.29) is 18.1 Å². The highest BCUT2D eigenvalue weighted by atomic mass is 19.3. The Morgan fingerprint density at radius 1 is 1.26 bits per heavy atom. The summed E-state index contributed by atoms with van der Waals surface area (Å²) in [6, 6.07) is -0.193. The van der Waals surface area contributed by atoms with Crippen molar-refractivity contribution in [3.8, 4) is 0 Å². The Bertz CT molecular complexity index is 428. The second-order valence-electron chi connectivity index (χ2n) is 7.52. The monoisotopic (exact) mass is 331 g/mol. The Morgan fingerprint density at radius 2 is 1.96 bits per heavy atom. The first kappa shape index (κ1) is 17.2. The first-order valence-corrected chi connectivity index (χ1v) is 8.95. The number of hydrogen-bond acceptors (Lipinski definition) is 4. The van der Waals surface area contributed by atoms with E-state index in [9.17, 15) is 13.7 Å². The zero-order chi connectivity index (χ0) is 16.6. The van der Waals surface area contributed by atoms with E-state index in [2.05, 4.69) is 17.6 Å². The Hall–Kier alpha value is -0.660. The fourth-order valence-electron chi connectivity index (χ4n) is 4.59. The summed E-state index contributed by atoms with van der Waals surface area (Å²) in [7, 11) is 0. The predicted molar refractivity (Wildman–Crippen MR) is 84.2 cm³/mol. The molecule has 3 saturated heterocycles. The molecule has 3 heterocycles. The number of hydrogen-bond donors (Lipinski definition) is 2. The molecule has 3 aliphatic rings. The van der Waals surface area contributed by atoms with Crippen molar-refractivity contribution in [3.63, 3.8) is 0 Å². The number of nitrogens with zero attached hydrogens (tertiary/aromatic N) is 2. The second-order valence-corrected chi connectivity index (χ2v) is 7.52. The molecule has 0 saturated carbocycles. The molecule has 0 bridgehead atoms. The number of fused-ring (bicyclic) bond motifs is 1. The molecule has 5 nitrogen and oxygen atoms in total. The summed E-state index contributed by atoms with van der Waals surface area (Å²) in [6.45, 7) is 7.24. The maximum absolute atomic E-state index is 13.5. The first-order chi connectivity index (χ1) is 11.0. The number of alkyl halides is 2. The molecule has 132 valence electrons. The van der Waals surface area contributed by atoms with Crippen molar-refractivity contribution in [2.45, 2.75) is 57.9 Å². The highest BCUT2D eigenvalue weighted by molar-refractivity contribution is 4.93. The average Bonchev–Trinajstić information content (AvgIpc) is 2.82. The van der Waals surface area contributed by atoms with Gasteiger partial charge in [-0.1, -0.05) is 13.3 Å². The highest BCUT2D eigenvalue weighted by Crippen LogP contribution is 2.37. The normalized spacial score (nSPS) is 42.2. The van der Waals surface area contributed by atoms with Gasteiger partial charge < -0.3 is 10.6 Å². The van der Waals surface area contributed by atoms with Gasteiger partial charge in [0.25, 0.3) is 6.17 Å². The largest absolute Gasteiger partial charge is 0.301 e. The van der Waals surface area contributed by atoms with Gasteiger partial charge >= 0.3 is 0 Å². The molecular formula is C16H29F2N4O+. The topological polar surface area (TPSA) is 47.4 Å². The number of nitroso groups, excluding NO2 is 1. The maximum atomic E-state index is 13.5. The van der Waals surface area contributed by atoms with Gasteiger partial charge in [-0.25, -0.2) is 13.7 Å². The van der Waals surface area contributed by atoms with Gasteiger partial charge in [0, 0.05) is 42.1 Å². The quantitative estimate of drug-likeness (QED) is 0.769. The summed E-state index contributed by atoms with van der Waals surface area (Å²) in [6.07, 6.45) is -0.230. The standard InChI is InChI=1S/C16H29F2N4O/c1-3-4-11-6-19-15(20-7-11)12-5-13(14(17)18)16-21(9-12)8-10(2)22(16)23/h10-16,19-20H,3-9H2,1-2H3/q+1. The molecule has 0 radical (unpaired) electrons. The van der Waals surface area contributed by atoms with E-state index in [1.165, 1.54) is 12.8 Å². The predicted octanol–water partition coefficient (Wildman–Crippen LogP) is 1.63. The van der Waals surface area contributed by atoms with Crippen molar-refractivity contribution in [3.05, 3.63) is 4.91 Å². The Labute approximate surface area is 136 Å². The van der Waals surface area contributed by atoms with Gasteiger partial charge in [0.15, 0.2) is 0 Å². The number of piperidine rings is 1. The molecule has 4 atom stereocenters. The van der Waals surface area contributed by atoms with Gasteiger partial charge in [-0.15, -0.1) is 0 Å². The Morgan fingerprint density at radius 3 is 2.57 bits per heavy atom.